The molecule has 0 aliphatic carbocycles. The van der Waals surface area contributed by atoms with Crippen LogP contribution in [0.3, 0.4) is 0 Å². The number of carbonyl (C=O) groups is 1. The highest BCUT2D eigenvalue weighted by atomic mass is 16.1. The average molecular weight is 257 g/mol. The van der Waals surface area contributed by atoms with E-state index < -0.39 is 0 Å². The molecule has 0 spiro atoms. The van der Waals surface area contributed by atoms with Crippen LogP contribution in [0.1, 0.15) is 25.8 Å². The van der Waals surface area contributed by atoms with Crippen molar-refractivity contribution in [1.29, 1.82) is 0 Å². The number of hydrogen-bond acceptors (Lipinski definition) is 3. The molecule has 0 saturated heterocycles. The Bertz CT molecular complexity index is 587. The molecule has 1 heterocycles. The lowest BCUT2D eigenvalue weighted by atomic mass is 9.99. The Kier molecular flexibility index (Phi) is 3.81. The standard InChI is InChI=1S/C15H19N3O/c1-15(2,9-13(16)19)18-10-12-6-3-5-11-7-4-8-17-14(11)12/h3-8,18H,9-10H2,1-2H3,(H2,16,19). The third kappa shape index (κ3) is 3.51. The number of rotatable bonds is 5. The summed E-state index contributed by atoms with van der Waals surface area (Å²) in [5.41, 5.74) is 7.04. The first-order chi connectivity index (χ1) is 8.98. The van der Waals surface area contributed by atoms with E-state index in [1.54, 1.807) is 6.20 Å². The highest BCUT2D eigenvalue weighted by Gasteiger charge is 2.19. The number of pyridine rings is 1. The quantitative estimate of drug-likeness (QED) is 0.860. The number of para-hydroxylation sites is 1. The smallest absolute Gasteiger partial charge is 0.219 e. The fourth-order valence-electron chi connectivity index (χ4n) is 2.14. The molecule has 1 aromatic carbocycles. The number of amides is 1. The zero-order valence-electron chi connectivity index (χ0n) is 11.3. The van der Waals surface area contributed by atoms with Gasteiger partial charge in [-0.3, -0.25) is 9.78 Å². The normalized spacial score (nSPS) is 11.7. The fraction of sp³-hybridized carbons (Fsp3) is 0.333. The third-order valence-corrected chi connectivity index (χ3v) is 3.09. The predicted octanol–water partition coefficient (Wildman–Crippen LogP) is 1.98. The van der Waals surface area contributed by atoms with Gasteiger partial charge in [0, 0.05) is 30.1 Å². The maximum Gasteiger partial charge on any atom is 0.219 e. The predicted molar refractivity (Wildman–Crippen MR) is 76.5 cm³/mol. The van der Waals surface area contributed by atoms with Gasteiger partial charge in [0.05, 0.1) is 5.52 Å². The molecule has 3 N–H and O–H groups in total. The molecule has 4 heteroatoms. The highest BCUT2D eigenvalue weighted by Crippen LogP contribution is 2.17. The number of aromatic nitrogens is 1. The molecule has 0 aliphatic heterocycles. The SMILES string of the molecule is CC(C)(CC(N)=O)NCc1cccc2cccnc12. The van der Waals surface area contributed by atoms with Crippen molar-refractivity contribution >= 4 is 16.8 Å². The molecule has 2 aromatic rings. The maximum absolute atomic E-state index is 11.0. The van der Waals surface area contributed by atoms with E-state index in [2.05, 4.69) is 10.3 Å². The lowest BCUT2D eigenvalue weighted by molar-refractivity contribution is -0.119. The number of fused-ring (bicyclic) bond motifs is 1. The number of hydrogen-bond donors (Lipinski definition) is 2. The van der Waals surface area contributed by atoms with Gasteiger partial charge in [-0.15, -0.1) is 0 Å². The summed E-state index contributed by atoms with van der Waals surface area (Å²) >= 11 is 0. The number of nitrogens with zero attached hydrogens (tertiary/aromatic N) is 1. The summed E-state index contributed by atoms with van der Waals surface area (Å²) in [6, 6.07) is 10.1. The van der Waals surface area contributed by atoms with Crippen LogP contribution in [0, 0.1) is 0 Å². The molecule has 0 bridgehead atoms. The van der Waals surface area contributed by atoms with Gasteiger partial charge in [-0.1, -0.05) is 24.3 Å². The molecule has 4 nitrogen and oxygen atoms in total. The number of nitrogens with two attached hydrogens (primary N) is 1. The molecule has 0 fully saturated rings. The first kappa shape index (κ1) is 13.5. The van der Waals surface area contributed by atoms with E-state index in [0.29, 0.717) is 13.0 Å². The van der Waals surface area contributed by atoms with Crippen LogP contribution in [0.15, 0.2) is 36.5 Å². The van der Waals surface area contributed by atoms with Gasteiger partial charge in [0.15, 0.2) is 0 Å². The van der Waals surface area contributed by atoms with Crippen molar-refractivity contribution in [2.24, 2.45) is 5.73 Å². The summed E-state index contributed by atoms with van der Waals surface area (Å²) in [5.74, 6) is -0.298. The van der Waals surface area contributed by atoms with Crippen LogP contribution in [0.4, 0.5) is 0 Å². The maximum atomic E-state index is 11.0. The number of benzene rings is 1. The van der Waals surface area contributed by atoms with E-state index in [1.807, 2.05) is 44.2 Å². The zero-order valence-corrected chi connectivity index (χ0v) is 11.3. The molecule has 1 aromatic heterocycles. The molecule has 0 atom stereocenters. The molecule has 0 aliphatic rings. The second-order valence-corrected chi connectivity index (χ2v) is 5.37. The minimum absolute atomic E-state index is 0.298. The van der Waals surface area contributed by atoms with Crippen LogP contribution < -0.4 is 11.1 Å². The minimum atomic E-state index is -0.317. The highest BCUT2D eigenvalue weighted by molar-refractivity contribution is 5.81. The summed E-state index contributed by atoms with van der Waals surface area (Å²) in [6.45, 7) is 4.60. The van der Waals surface area contributed by atoms with E-state index >= 15 is 0 Å². The third-order valence-electron chi connectivity index (χ3n) is 3.09. The Morgan fingerprint density at radius 1 is 1.32 bits per heavy atom. The Morgan fingerprint density at radius 2 is 2.05 bits per heavy atom. The van der Waals surface area contributed by atoms with Crippen LogP contribution in [-0.4, -0.2) is 16.4 Å². The van der Waals surface area contributed by atoms with Crippen molar-refractivity contribution in [3.8, 4) is 0 Å². The van der Waals surface area contributed by atoms with Crippen LogP contribution >= 0.6 is 0 Å². The second kappa shape index (κ2) is 5.36. The first-order valence-electron chi connectivity index (χ1n) is 6.34. The van der Waals surface area contributed by atoms with Crippen molar-refractivity contribution in [3.63, 3.8) is 0 Å². The molecule has 19 heavy (non-hydrogen) atoms. The van der Waals surface area contributed by atoms with E-state index in [9.17, 15) is 4.79 Å². The summed E-state index contributed by atoms with van der Waals surface area (Å²) in [6.07, 6.45) is 2.10. The second-order valence-electron chi connectivity index (χ2n) is 5.37. The number of nitrogens with one attached hydrogen (secondary N) is 1. The van der Waals surface area contributed by atoms with E-state index in [0.717, 1.165) is 16.5 Å². The van der Waals surface area contributed by atoms with E-state index in [-0.39, 0.29) is 11.4 Å². The van der Waals surface area contributed by atoms with Crippen molar-refractivity contribution in [2.75, 3.05) is 0 Å². The lowest BCUT2D eigenvalue weighted by Crippen LogP contribution is -2.42. The van der Waals surface area contributed by atoms with Crippen molar-refractivity contribution in [3.05, 3.63) is 42.1 Å². The largest absolute Gasteiger partial charge is 0.370 e. The van der Waals surface area contributed by atoms with E-state index in [4.69, 9.17) is 5.73 Å². The van der Waals surface area contributed by atoms with Crippen LogP contribution in [0.25, 0.3) is 10.9 Å². The van der Waals surface area contributed by atoms with Gasteiger partial charge in [0.2, 0.25) is 5.91 Å². The summed E-state index contributed by atoms with van der Waals surface area (Å²) < 4.78 is 0. The van der Waals surface area contributed by atoms with Crippen molar-refractivity contribution < 1.29 is 4.79 Å². The van der Waals surface area contributed by atoms with Crippen molar-refractivity contribution in [1.82, 2.24) is 10.3 Å². The average Bonchev–Trinajstić information content (AvgIpc) is 2.35. The zero-order chi connectivity index (χ0) is 13.9. The molecule has 1 amide bonds. The van der Waals surface area contributed by atoms with Gasteiger partial charge in [-0.25, -0.2) is 0 Å². The van der Waals surface area contributed by atoms with Gasteiger partial charge >= 0.3 is 0 Å². The summed E-state index contributed by atoms with van der Waals surface area (Å²) in [4.78, 5) is 15.4. The van der Waals surface area contributed by atoms with Gasteiger partial charge in [0.1, 0.15) is 0 Å². The molecule has 0 unspecified atom stereocenters. The molecular formula is C15H19N3O. The molecule has 2 rings (SSSR count). The van der Waals surface area contributed by atoms with Crippen LogP contribution in [-0.2, 0) is 11.3 Å². The number of primary amides is 1. The van der Waals surface area contributed by atoms with Crippen molar-refractivity contribution in [2.45, 2.75) is 32.4 Å². The van der Waals surface area contributed by atoms with Gasteiger partial charge in [-0.05, 0) is 25.5 Å². The Labute approximate surface area is 113 Å². The number of carbonyl (C=O) groups excluding carboxylic acids is 1. The van der Waals surface area contributed by atoms with Gasteiger partial charge in [0.25, 0.3) is 0 Å². The molecule has 0 saturated carbocycles. The van der Waals surface area contributed by atoms with Crippen LogP contribution in [0.2, 0.25) is 0 Å². The summed E-state index contributed by atoms with van der Waals surface area (Å²) in [7, 11) is 0. The first-order valence-corrected chi connectivity index (χ1v) is 6.34. The molecule has 0 radical (unpaired) electrons. The fourth-order valence-corrected chi connectivity index (χ4v) is 2.14. The summed E-state index contributed by atoms with van der Waals surface area (Å²) in [5, 5.41) is 4.48. The molecular weight excluding hydrogens is 238 g/mol. The molecule has 100 valence electrons. The topological polar surface area (TPSA) is 68.0 Å². The Hall–Kier alpha value is -1.94. The van der Waals surface area contributed by atoms with Gasteiger partial charge in [-0.2, -0.15) is 0 Å². The monoisotopic (exact) mass is 257 g/mol. The van der Waals surface area contributed by atoms with Crippen LogP contribution in [0.5, 0.6) is 0 Å². The Morgan fingerprint density at radius 3 is 2.79 bits per heavy atom. The van der Waals surface area contributed by atoms with Gasteiger partial charge < -0.3 is 11.1 Å². The Balaban J connectivity index is 2.16. The lowest BCUT2D eigenvalue weighted by Gasteiger charge is -2.25. The minimum Gasteiger partial charge on any atom is -0.370 e. The van der Waals surface area contributed by atoms with E-state index in [1.165, 1.54) is 0 Å².